The van der Waals surface area contributed by atoms with E-state index in [2.05, 4.69) is 10.2 Å². The van der Waals surface area contributed by atoms with Gasteiger partial charge in [0.05, 0.1) is 19.6 Å². The molecular weight excluding hydrogens is 232 g/mol. The number of rotatable bonds is 5. The molecule has 1 N–H and O–H groups in total. The van der Waals surface area contributed by atoms with Gasteiger partial charge in [-0.3, -0.25) is 9.59 Å². The van der Waals surface area contributed by atoms with Crippen LogP contribution in [0.2, 0.25) is 0 Å². The summed E-state index contributed by atoms with van der Waals surface area (Å²) in [5.74, 6) is -0.600. The molecule has 0 atom stereocenters. The first-order valence-electron chi connectivity index (χ1n) is 5.58. The number of carbonyl (C=O) groups is 2. The van der Waals surface area contributed by atoms with Crippen molar-refractivity contribution in [2.24, 2.45) is 0 Å². The molecule has 0 unspecified atom stereocenters. The van der Waals surface area contributed by atoms with Crippen LogP contribution >= 0.6 is 0 Å². The Bertz CT molecular complexity index is 460. The number of ether oxygens (including phenoxy) is 1. The minimum absolute atomic E-state index is 0.152. The predicted octanol–water partition coefficient (Wildman–Crippen LogP) is 1.92. The van der Waals surface area contributed by atoms with E-state index in [0.717, 1.165) is 0 Å². The van der Waals surface area contributed by atoms with Gasteiger partial charge in [0.25, 0.3) is 5.91 Å². The van der Waals surface area contributed by atoms with E-state index in [1.165, 1.54) is 0 Å². The number of amides is 1. The van der Waals surface area contributed by atoms with Gasteiger partial charge in [-0.15, -0.1) is 0 Å². The van der Waals surface area contributed by atoms with Crippen LogP contribution in [0.15, 0.2) is 24.3 Å². The lowest BCUT2D eigenvalue weighted by Gasteiger charge is -2.05. The molecule has 1 aromatic carbocycles. The molecular formula is C13H14N2O3. The standard InChI is InChI=1S/C13H14N2O3/c1-3-18-12(16)8-9-15-13(17)10-4-6-11(14-2)7-5-10/h4-7H,3,8-9H2,1H3,(H,15,17). The lowest BCUT2D eigenvalue weighted by molar-refractivity contribution is -0.142. The SMILES string of the molecule is [C-]#[N+]c1ccc(C(=O)NCCC(=O)OCC)cc1. The van der Waals surface area contributed by atoms with E-state index in [9.17, 15) is 9.59 Å². The van der Waals surface area contributed by atoms with Crippen LogP contribution in [0.4, 0.5) is 5.69 Å². The van der Waals surface area contributed by atoms with Crippen molar-refractivity contribution in [2.75, 3.05) is 13.2 Å². The van der Waals surface area contributed by atoms with Gasteiger partial charge in [0.15, 0.2) is 5.69 Å². The Kier molecular flexibility index (Phi) is 5.39. The van der Waals surface area contributed by atoms with Crippen LogP contribution in [0.5, 0.6) is 0 Å². The van der Waals surface area contributed by atoms with E-state index in [-0.39, 0.29) is 24.8 Å². The molecule has 1 amide bonds. The Morgan fingerprint density at radius 1 is 1.33 bits per heavy atom. The number of nitrogens with one attached hydrogen (secondary N) is 1. The van der Waals surface area contributed by atoms with Crippen molar-refractivity contribution in [3.8, 4) is 0 Å². The third-order valence-electron chi connectivity index (χ3n) is 2.18. The fourth-order valence-corrected chi connectivity index (χ4v) is 1.30. The Labute approximate surface area is 106 Å². The zero-order valence-corrected chi connectivity index (χ0v) is 10.1. The molecule has 0 bridgehead atoms. The molecule has 18 heavy (non-hydrogen) atoms. The van der Waals surface area contributed by atoms with E-state index < -0.39 is 0 Å². The maximum Gasteiger partial charge on any atom is 0.307 e. The molecule has 0 aromatic heterocycles. The maximum atomic E-state index is 11.6. The van der Waals surface area contributed by atoms with E-state index >= 15 is 0 Å². The normalized spacial score (nSPS) is 9.33. The number of benzene rings is 1. The van der Waals surface area contributed by atoms with Crippen LogP contribution in [0.1, 0.15) is 23.7 Å². The molecule has 5 nitrogen and oxygen atoms in total. The topological polar surface area (TPSA) is 59.8 Å². The molecule has 0 radical (unpaired) electrons. The molecule has 0 fully saturated rings. The molecule has 0 aliphatic heterocycles. The van der Waals surface area contributed by atoms with Crippen LogP contribution in [-0.4, -0.2) is 25.0 Å². The summed E-state index contributed by atoms with van der Waals surface area (Å²) in [6.45, 7) is 9.10. The quantitative estimate of drug-likeness (QED) is 0.637. The number of hydrogen-bond acceptors (Lipinski definition) is 3. The van der Waals surface area contributed by atoms with Gasteiger partial charge in [0.1, 0.15) is 0 Å². The molecule has 0 aliphatic carbocycles. The van der Waals surface area contributed by atoms with Crippen LogP contribution in [0.3, 0.4) is 0 Å². The van der Waals surface area contributed by atoms with Crippen molar-refractivity contribution in [3.05, 3.63) is 41.2 Å². The van der Waals surface area contributed by atoms with Gasteiger partial charge in [0.2, 0.25) is 0 Å². The summed E-state index contributed by atoms with van der Waals surface area (Å²) < 4.78 is 4.74. The fourth-order valence-electron chi connectivity index (χ4n) is 1.30. The average molecular weight is 246 g/mol. The summed E-state index contributed by atoms with van der Waals surface area (Å²) in [5.41, 5.74) is 0.948. The van der Waals surface area contributed by atoms with E-state index in [4.69, 9.17) is 11.3 Å². The Morgan fingerprint density at radius 3 is 2.56 bits per heavy atom. The molecule has 0 spiro atoms. The maximum absolute atomic E-state index is 11.6. The second-order valence-corrected chi connectivity index (χ2v) is 3.47. The van der Waals surface area contributed by atoms with Crippen molar-refractivity contribution >= 4 is 17.6 Å². The number of nitrogens with zero attached hydrogens (tertiary/aromatic N) is 1. The van der Waals surface area contributed by atoms with Crippen molar-refractivity contribution in [2.45, 2.75) is 13.3 Å². The third-order valence-corrected chi connectivity index (χ3v) is 2.18. The smallest absolute Gasteiger partial charge is 0.307 e. The lowest BCUT2D eigenvalue weighted by atomic mass is 10.2. The number of esters is 1. The van der Waals surface area contributed by atoms with Crippen LogP contribution in [0, 0.1) is 6.57 Å². The molecule has 0 heterocycles. The minimum Gasteiger partial charge on any atom is -0.466 e. The van der Waals surface area contributed by atoms with Crippen molar-refractivity contribution in [1.82, 2.24) is 5.32 Å². The molecule has 94 valence electrons. The van der Waals surface area contributed by atoms with Gasteiger partial charge < -0.3 is 10.1 Å². The first kappa shape index (κ1) is 13.7. The lowest BCUT2D eigenvalue weighted by Crippen LogP contribution is -2.26. The van der Waals surface area contributed by atoms with Crippen molar-refractivity contribution < 1.29 is 14.3 Å². The first-order chi connectivity index (χ1) is 8.67. The van der Waals surface area contributed by atoms with Crippen LogP contribution in [-0.2, 0) is 9.53 Å². The van der Waals surface area contributed by atoms with Gasteiger partial charge in [-0.05, 0) is 6.92 Å². The molecule has 5 heteroatoms. The number of carbonyl (C=O) groups excluding carboxylic acids is 2. The van der Waals surface area contributed by atoms with Crippen molar-refractivity contribution in [1.29, 1.82) is 0 Å². The zero-order chi connectivity index (χ0) is 13.4. The Hall–Kier alpha value is -2.35. The summed E-state index contributed by atoms with van der Waals surface area (Å²) in [4.78, 5) is 25.9. The summed E-state index contributed by atoms with van der Waals surface area (Å²) >= 11 is 0. The van der Waals surface area contributed by atoms with Crippen molar-refractivity contribution in [3.63, 3.8) is 0 Å². The van der Waals surface area contributed by atoms with Gasteiger partial charge >= 0.3 is 5.97 Å². The van der Waals surface area contributed by atoms with Crippen LogP contribution in [0.25, 0.3) is 4.85 Å². The largest absolute Gasteiger partial charge is 0.466 e. The van der Waals surface area contributed by atoms with E-state index in [0.29, 0.717) is 17.9 Å². The monoisotopic (exact) mass is 246 g/mol. The molecule has 0 saturated heterocycles. The second kappa shape index (κ2) is 7.07. The molecule has 1 rings (SSSR count). The third kappa shape index (κ3) is 4.26. The highest BCUT2D eigenvalue weighted by Crippen LogP contribution is 2.12. The summed E-state index contributed by atoms with van der Waals surface area (Å²) in [6.07, 6.45) is 0.152. The van der Waals surface area contributed by atoms with E-state index in [1.807, 2.05) is 0 Å². The van der Waals surface area contributed by atoms with Gasteiger partial charge in [-0.1, -0.05) is 24.3 Å². The minimum atomic E-state index is -0.332. The number of hydrogen-bond donors (Lipinski definition) is 1. The predicted molar refractivity (Wildman–Crippen MR) is 66.3 cm³/mol. The highest BCUT2D eigenvalue weighted by Gasteiger charge is 2.06. The summed E-state index contributed by atoms with van der Waals surface area (Å²) in [5, 5.41) is 2.61. The van der Waals surface area contributed by atoms with Gasteiger partial charge in [-0.2, -0.15) is 0 Å². The zero-order valence-electron chi connectivity index (χ0n) is 10.1. The fraction of sp³-hybridized carbons (Fsp3) is 0.308. The molecule has 0 aliphatic rings. The summed E-state index contributed by atoms with van der Waals surface area (Å²) in [7, 11) is 0. The Morgan fingerprint density at radius 2 is 2.00 bits per heavy atom. The van der Waals surface area contributed by atoms with E-state index in [1.54, 1.807) is 31.2 Å². The highest BCUT2D eigenvalue weighted by molar-refractivity contribution is 5.94. The summed E-state index contributed by atoms with van der Waals surface area (Å²) in [6, 6.07) is 6.31. The average Bonchev–Trinajstić information content (AvgIpc) is 2.39. The Balaban J connectivity index is 2.41. The highest BCUT2D eigenvalue weighted by atomic mass is 16.5. The van der Waals surface area contributed by atoms with Crippen LogP contribution < -0.4 is 5.32 Å². The van der Waals surface area contributed by atoms with Gasteiger partial charge in [0, 0.05) is 12.1 Å². The second-order valence-electron chi connectivity index (χ2n) is 3.47. The first-order valence-corrected chi connectivity index (χ1v) is 5.58. The molecule has 1 aromatic rings. The van der Waals surface area contributed by atoms with Gasteiger partial charge in [-0.25, -0.2) is 4.85 Å². The molecule has 0 saturated carbocycles.